The summed E-state index contributed by atoms with van der Waals surface area (Å²) in [6.07, 6.45) is -0.904. The number of nitrogens with one attached hydrogen (secondary N) is 1. The van der Waals surface area contributed by atoms with Crippen LogP contribution in [0.5, 0.6) is 0 Å². The molecule has 1 saturated heterocycles. The largest absolute Gasteiger partial charge is 0.416 e. The van der Waals surface area contributed by atoms with Crippen molar-refractivity contribution in [3.05, 3.63) is 83.9 Å². The molecule has 0 bridgehead atoms. The number of hydrogen-bond acceptors (Lipinski definition) is 2. The van der Waals surface area contributed by atoms with Gasteiger partial charge in [-0.15, -0.1) is 0 Å². The lowest BCUT2D eigenvalue weighted by Crippen LogP contribution is -2.30. The molecule has 8 heteroatoms. The van der Waals surface area contributed by atoms with E-state index in [0.29, 0.717) is 17.3 Å². The number of aromatic nitrogens is 2. The van der Waals surface area contributed by atoms with Gasteiger partial charge in [0.25, 0.3) is 0 Å². The van der Waals surface area contributed by atoms with Crippen LogP contribution >= 0.6 is 12.2 Å². The van der Waals surface area contributed by atoms with Crippen LogP contribution < -0.4 is 5.32 Å². The average molecular weight is 416 g/mol. The van der Waals surface area contributed by atoms with Crippen LogP contribution in [0.2, 0.25) is 0 Å². The molecule has 4 rings (SSSR count). The number of pyridine rings is 1. The van der Waals surface area contributed by atoms with E-state index >= 15 is 0 Å². The summed E-state index contributed by atoms with van der Waals surface area (Å²) in [6, 6.07) is 14.3. The monoisotopic (exact) mass is 416 g/mol. The Hall–Kier alpha value is -2.87. The Balaban J connectivity index is 1.80. The molecular weight excluding hydrogens is 397 g/mol. The fourth-order valence-corrected chi connectivity index (χ4v) is 4.14. The zero-order valence-corrected chi connectivity index (χ0v) is 16.4. The van der Waals surface area contributed by atoms with Gasteiger partial charge >= 0.3 is 6.18 Å². The summed E-state index contributed by atoms with van der Waals surface area (Å²) >= 11 is 5.53. The third-order valence-electron chi connectivity index (χ3n) is 5.07. The minimum atomic E-state index is -4.40. The van der Waals surface area contributed by atoms with Crippen LogP contribution in [0.15, 0.2) is 67.0 Å². The summed E-state index contributed by atoms with van der Waals surface area (Å²) in [5.41, 5.74) is 1.44. The maximum atomic E-state index is 13.2. The molecule has 1 aliphatic rings. The lowest BCUT2D eigenvalue weighted by molar-refractivity contribution is -0.137. The van der Waals surface area contributed by atoms with Crippen molar-refractivity contribution in [2.45, 2.75) is 25.2 Å². The number of thiocarbonyl (C=S) groups is 1. The van der Waals surface area contributed by atoms with E-state index in [1.165, 1.54) is 6.07 Å². The standard InChI is InChI=1S/C21H19F3N4S/c1-2-27-19(18(26-20(27)29)16-9-3-4-11-25-16)17-10-6-12-28(17)15-8-5-7-14(13-15)21(22,23)24/h3-13,18-19H,2H2,1H3,(H,26,29)/t18-,19-/m1/s1. The Kier molecular flexibility index (Phi) is 5.04. The van der Waals surface area contributed by atoms with Crippen LogP contribution in [-0.4, -0.2) is 26.1 Å². The van der Waals surface area contributed by atoms with E-state index in [0.717, 1.165) is 23.5 Å². The van der Waals surface area contributed by atoms with E-state index in [1.807, 2.05) is 42.2 Å². The van der Waals surface area contributed by atoms with E-state index in [2.05, 4.69) is 10.3 Å². The summed E-state index contributed by atoms with van der Waals surface area (Å²) in [7, 11) is 0. The summed E-state index contributed by atoms with van der Waals surface area (Å²) in [4.78, 5) is 6.50. The van der Waals surface area contributed by atoms with Crippen molar-refractivity contribution in [2.75, 3.05) is 6.54 Å². The zero-order chi connectivity index (χ0) is 20.6. The first kappa shape index (κ1) is 19.4. The van der Waals surface area contributed by atoms with Gasteiger partial charge in [0.2, 0.25) is 0 Å². The first-order chi connectivity index (χ1) is 13.9. The third kappa shape index (κ3) is 3.60. The normalized spacial score (nSPS) is 19.4. The van der Waals surface area contributed by atoms with Crippen LogP contribution in [-0.2, 0) is 6.18 Å². The topological polar surface area (TPSA) is 33.1 Å². The molecule has 150 valence electrons. The fourth-order valence-electron chi connectivity index (χ4n) is 3.77. The van der Waals surface area contributed by atoms with Gasteiger partial charge in [-0.2, -0.15) is 13.2 Å². The number of halogens is 3. The van der Waals surface area contributed by atoms with Gasteiger partial charge in [0.15, 0.2) is 5.11 Å². The van der Waals surface area contributed by atoms with Gasteiger partial charge in [0.1, 0.15) is 0 Å². The number of rotatable bonds is 4. The predicted octanol–water partition coefficient (Wildman–Crippen LogP) is 4.88. The highest BCUT2D eigenvalue weighted by Gasteiger charge is 2.40. The lowest BCUT2D eigenvalue weighted by atomic mass is 10.0. The van der Waals surface area contributed by atoms with E-state index in [9.17, 15) is 13.2 Å². The number of nitrogens with zero attached hydrogens (tertiary/aromatic N) is 3. The van der Waals surface area contributed by atoms with Gasteiger partial charge in [-0.25, -0.2) is 0 Å². The first-order valence-electron chi connectivity index (χ1n) is 9.23. The number of likely N-dealkylation sites (N-methyl/N-ethyl adjacent to an activating group) is 1. The number of benzene rings is 1. The second kappa shape index (κ2) is 7.51. The Morgan fingerprint density at radius 1 is 1.10 bits per heavy atom. The quantitative estimate of drug-likeness (QED) is 0.615. The van der Waals surface area contributed by atoms with E-state index in [1.54, 1.807) is 23.0 Å². The van der Waals surface area contributed by atoms with Crippen molar-refractivity contribution in [1.29, 1.82) is 0 Å². The number of alkyl halides is 3. The highest BCUT2D eigenvalue weighted by atomic mass is 32.1. The van der Waals surface area contributed by atoms with Crippen LogP contribution in [0.4, 0.5) is 13.2 Å². The molecule has 3 heterocycles. The summed E-state index contributed by atoms with van der Waals surface area (Å²) in [5, 5.41) is 3.93. The molecule has 4 nitrogen and oxygen atoms in total. The highest BCUT2D eigenvalue weighted by Crippen LogP contribution is 2.39. The molecule has 1 aliphatic heterocycles. The molecule has 29 heavy (non-hydrogen) atoms. The van der Waals surface area contributed by atoms with E-state index in [4.69, 9.17) is 12.2 Å². The molecule has 0 amide bonds. The second-order valence-electron chi connectivity index (χ2n) is 6.76. The Bertz CT molecular complexity index is 1020. The van der Waals surface area contributed by atoms with E-state index in [-0.39, 0.29) is 12.1 Å². The van der Waals surface area contributed by atoms with Crippen molar-refractivity contribution in [3.8, 4) is 5.69 Å². The Morgan fingerprint density at radius 2 is 1.93 bits per heavy atom. The first-order valence-corrected chi connectivity index (χ1v) is 9.64. The van der Waals surface area contributed by atoms with Crippen molar-refractivity contribution in [3.63, 3.8) is 0 Å². The third-order valence-corrected chi connectivity index (χ3v) is 5.43. The molecule has 2 aromatic heterocycles. The summed E-state index contributed by atoms with van der Waals surface area (Å²) in [5.74, 6) is 0. The van der Waals surface area contributed by atoms with Crippen LogP contribution in [0.25, 0.3) is 5.69 Å². The zero-order valence-electron chi connectivity index (χ0n) is 15.6. The smallest absolute Gasteiger partial charge is 0.352 e. The maximum Gasteiger partial charge on any atom is 0.416 e. The minimum absolute atomic E-state index is 0.202. The highest BCUT2D eigenvalue weighted by molar-refractivity contribution is 7.80. The molecule has 1 aromatic carbocycles. The van der Waals surface area contributed by atoms with Crippen LogP contribution in [0.1, 0.15) is 36.0 Å². The van der Waals surface area contributed by atoms with Crippen LogP contribution in [0, 0.1) is 0 Å². The van der Waals surface area contributed by atoms with Crippen molar-refractivity contribution < 1.29 is 13.2 Å². The van der Waals surface area contributed by atoms with Gasteiger partial charge < -0.3 is 14.8 Å². The molecule has 1 fully saturated rings. The second-order valence-corrected chi connectivity index (χ2v) is 7.15. The molecule has 3 aromatic rings. The summed E-state index contributed by atoms with van der Waals surface area (Å²) in [6.45, 7) is 2.66. The minimum Gasteiger partial charge on any atom is -0.352 e. The maximum absolute atomic E-state index is 13.2. The van der Waals surface area contributed by atoms with E-state index < -0.39 is 11.7 Å². The van der Waals surface area contributed by atoms with Gasteiger partial charge in [0.05, 0.1) is 23.3 Å². The molecular formula is C21H19F3N4S. The fraction of sp³-hybridized carbons (Fsp3) is 0.238. The lowest BCUT2D eigenvalue weighted by Gasteiger charge is -2.28. The van der Waals surface area contributed by atoms with Gasteiger partial charge in [-0.1, -0.05) is 12.1 Å². The van der Waals surface area contributed by atoms with Gasteiger partial charge in [-0.05, 0) is 61.6 Å². The molecule has 0 spiro atoms. The number of hydrogen-bond donors (Lipinski definition) is 1. The SMILES string of the molecule is CCN1C(=S)N[C@H](c2ccccn2)[C@H]1c1cccn1-c1cccc(C(F)(F)F)c1. The van der Waals surface area contributed by atoms with Crippen molar-refractivity contribution >= 4 is 17.3 Å². The van der Waals surface area contributed by atoms with Crippen LogP contribution in [0.3, 0.4) is 0 Å². The molecule has 0 saturated carbocycles. The molecule has 0 unspecified atom stereocenters. The Labute approximate surface area is 172 Å². The van der Waals surface area contributed by atoms with Gasteiger partial charge in [-0.3, -0.25) is 4.98 Å². The molecule has 0 aliphatic carbocycles. The van der Waals surface area contributed by atoms with Crippen molar-refractivity contribution in [1.82, 2.24) is 19.8 Å². The molecule has 1 N–H and O–H groups in total. The van der Waals surface area contributed by atoms with Crippen molar-refractivity contribution in [2.24, 2.45) is 0 Å². The summed E-state index contributed by atoms with van der Waals surface area (Å²) < 4.78 is 41.4. The average Bonchev–Trinajstić information content (AvgIpc) is 3.32. The Morgan fingerprint density at radius 3 is 2.62 bits per heavy atom. The molecule has 2 atom stereocenters. The van der Waals surface area contributed by atoms with Gasteiger partial charge in [0, 0.05) is 30.3 Å². The molecule has 0 radical (unpaired) electrons. The predicted molar refractivity (Wildman–Crippen MR) is 109 cm³/mol.